The van der Waals surface area contributed by atoms with E-state index in [0.717, 1.165) is 38.9 Å². The summed E-state index contributed by atoms with van der Waals surface area (Å²) in [4.78, 5) is 12.9. The smallest absolute Gasteiger partial charge is 0.328 e. The van der Waals surface area contributed by atoms with Gasteiger partial charge in [0.15, 0.2) is 0 Å². The molecule has 1 heterocycles. The average Bonchev–Trinajstić information content (AvgIpc) is 2.48. The predicted molar refractivity (Wildman–Crippen MR) is 80.9 cm³/mol. The van der Waals surface area contributed by atoms with E-state index in [2.05, 4.69) is 4.90 Å². The third-order valence-corrected chi connectivity index (χ3v) is 3.38. The van der Waals surface area contributed by atoms with Crippen LogP contribution in [0.25, 0.3) is 6.08 Å². The number of aliphatic carboxylic acids is 1. The Bertz CT molecular complexity index is 512. The van der Waals surface area contributed by atoms with Gasteiger partial charge in [0, 0.05) is 36.3 Å². The maximum Gasteiger partial charge on any atom is 0.328 e. The van der Waals surface area contributed by atoms with Gasteiger partial charge in [-0.15, -0.1) is 0 Å². The van der Waals surface area contributed by atoms with Gasteiger partial charge in [0.1, 0.15) is 12.4 Å². The summed E-state index contributed by atoms with van der Waals surface area (Å²) in [5.74, 6) is -0.376. The zero-order valence-electron chi connectivity index (χ0n) is 11.6. The summed E-state index contributed by atoms with van der Waals surface area (Å²) in [6.07, 6.45) is 2.55. The minimum atomic E-state index is -1.01. The Labute approximate surface area is 128 Å². The summed E-state index contributed by atoms with van der Waals surface area (Å²) in [6.45, 7) is 4.69. The van der Waals surface area contributed by atoms with Crippen LogP contribution in [-0.4, -0.2) is 55.4 Å². The molecule has 0 radical (unpaired) electrons. The van der Waals surface area contributed by atoms with Crippen molar-refractivity contribution in [1.82, 2.24) is 4.90 Å². The number of carboxylic acid groups (broad SMARTS) is 1. The van der Waals surface area contributed by atoms with Crippen LogP contribution in [0.4, 0.5) is 0 Å². The number of rotatable bonds is 6. The summed E-state index contributed by atoms with van der Waals surface area (Å²) in [5.41, 5.74) is 0.659. The Morgan fingerprint density at radius 1 is 1.43 bits per heavy atom. The van der Waals surface area contributed by atoms with Crippen molar-refractivity contribution in [2.75, 3.05) is 39.5 Å². The number of hydrogen-bond donors (Lipinski definition) is 1. The molecular formula is C15H18ClNO4. The van der Waals surface area contributed by atoms with Gasteiger partial charge in [-0.05, 0) is 24.3 Å². The van der Waals surface area contributed by atoms with Crippen molar-refractivity contribution in [2.24, 2.45) is 0 Å². The normalized spacial score (nSPS) is 16.2. The van der Waals surface area contributed by atoms with E-state index in [1.807, 2.05) is 0 Å². The van der Waals surface area contributed by atoms with Crippen LogP contribution in [0.2, 0.25) is 5.02 Å². The average molecular weight is 312 g/mol. The fourth-order valence-corrected chi connectivity index (χ4v) is 2.23. The number of halogens is 1. The van der Waals surface area contributed by atoms with Gasteiger partial charge in [0.05, 0.1) is 13.2 Å². The van der Waals surface area contributed by atoms with Crippen molar-refractivity contribution in [2.45, 2.75) is 0 Å². The quantitative estimate of drug-likeness (QED) is 0.816. The van der Waals surface area contributed by atoms with Crippen LogP contribution in [0.15, 0.2) is 24.3 Å². The van der Waals surface area contributed by atoms with E-state index < -0.39 is 5.97 Å². The lowest BCUT2D eigenvalue weighted by atomic mass is 10.2. The van der Waals surface area contributed by atoms with Crippen molar-refractivity contribution >= 4 is 23.6 Å². The highest BCUT2D eigenvalue weighted by atomic mass is 35.5. The van der Waals surface area contributed by atoms with Gasteiger partial charge in [0.25, 0.3) is 0 Å². The van der Waals surface area contributed by atoms with Crippen LogP contribution in [0.3, 0.4) is 0 Å². The second-order valence-electron chi connectivity index (χ2n) is 4.66. The fourth-order valence-electron chi connectivity index (χ4n) is 2.05. The first-order valence-electron chi connectivity index (χ1n) is 6.78. The predicted octanol–water partition coefficient (Wildman–Crippen LogP) is 2.15. The van der Waals surface area contributed by atoms with Crippen LogP contribution < -0.4 is 4.74 Å². The molecule has 0 unspecified atom stereocenters. The monoisotopic (exact) mass is 311 g/mol. The Morgan fingerprint density at radius 2 is 2.19 bits per heavy atom. The van der Waals surface area contributed by atoms with Crippen molar-refractivity contribution in [3.63, 3.8) is 0 Å². The molecule has 0 spiro atoms. The number of carbonyl (C=O) groups is 1. The highest BCUT2D eigenvalue weighted by Crippen LogP contribution is 2.24. The van der Waals surface area contributed by atoms with Gasteiger partial charge in [-0.2, -0.15) is 0 Å². The molecule has 114 valence electrons. The van der Waals surface area contributed by atoms with E-state index in [-0.39, 0.29) is 0 Å². The largest absolute Gasteiger partial charge is 0.492 e. The molecule has 2 rings (SSSR count). The maximum absolute atomic E-state index is 10.6. The van der Waals surface area contributed by atoms with Gasteiger partial charge in [-0.1, -0.05) is 11.6 Å². The third kappa shape index (κ3) is 5.38. The molecule has 0 aromatic heterocycles. The molecule has 1 aliphatic heterocycles. The molecule has 1 saturated heterocycles. The lowest BCUT2D eigenvalue weighted by Gasteiger charge is -2.26. The Balaban J connectivity index is 1.93. The minimum Gasteiger partial charge on any atom is -0.492 e. The molecule has 0 saturated carbocycles. The van der Waals surface area contributed by atoms with Gasteiger partial charge in [-0.3, -0.25) is 4.90 Å². The number of hydrogen-bond acceptors (Lipinski definition) is 4. The zero-order valence-corrected chi connectivity index (χ0v) is 12.4. The number of ether oxygens (including phenoxy) is 2. The topological polar surface area (TPSA) is 59.0 Å². The Hall–Kier alpha value is -1.56. The van der Waals surface area contributed by atoms with Crippen molar-refractivity contribution in [1.29, 1.82) is 0 Å². The third-order valence-electron chi connectivity index (χ3n) is 3.15. The number of nitrogens with zero attached hydrogens (tertiary/aromatic N) is 1. The summed E-state index contributed by atoms with van der Waals surface area (Å²) < 4.78 is 11.0. The van der Waals surface area contributed by atoms with Crippen LogP contribution in [0.5, 0.6) is 5.75 Å². The van der Waals surface area contributed by atoms with Crippen LogP contribution >= 0.6 is 11.6 Å². The molecular weight excluding hydrogens is 294 g/mol. The van der Waals surface area contributed by atoms with E-state index in [0.29, 0.717) is 22.9 Å². The summed E-state index contributed by atoms with van der Waals surface area (Å²) in [5, 5.41) is 9.24. The van der Waals surface area contributed by atoms with E-state index in [9.17, 15) is 4.79 Å². The second-order valence-corrected chi connectivity index (χ2v) is 5.09. The summed E-state index contributed by atoms with van der Waals surface area (Å²) in [6, 6.07) is 5.16. The highest BCUT2D eigenvalue weighted by Gasteiger charge is 2.10. The minimum absolute atomic E-state index is 0.537. The standard InChI is InChI=1S/C15H18ClNO4/c16-13-2-3-14(12(11-13)1-4-15(18)19)21-10-7-17-5-8-20-9-6-17/h1-4,11H,5-10H2,(H,18,19). The van der Waals surface area contributed by atoms with E-state index in [4.69, 9.17) is 26.2 Å². The first-order chi connectivity index (χ1) is 10.1. The van der Waals surface area contributed by atoms with Crippen LogP contribution in [0, 0.1) is 0 Å². The van der Waals surface area contributed by atoms with Crippen molar-refractivity contribution < 1.29 is 19.4 Å². The number of benzene rings is 1. The fraction of sp³-hybridized carbons (Fsp3) is 0.400. The van der Waals surface area contributed by atoms with Gasteiger partial charge < -0.3 is 14.6 Å². The molecule has 1 fully saturated rings. The van der Waals surface area contributed by atoms with E-state index in [1.165, 1.54) is 6.08 Å². The molecule has 6 heteroatoms. The number of morpholine rings is 1. The lowest BCUT2D eigenvalue weighted by Crippen LogP contribution is -2.38. The van der Waals surface area contributed by atoms with E-state index >= 15 is 0 Å². The SMILES string of the molecule is O=C(O)C=Cc1cc(Cl)ccc1OCCN1CCOCC1. The molecule has 1 aromatic rings. The first-order valence-corrected chi connectivity index (χ1v) is 7.16. The molecule has 1 aliphatic rings. The van der Waals surface area contributed by atoms with Gasteiger partial charge in [-0.25, -0.2) is 4.79 Å². The van der Waals surface area contributed by atoms with Crippen molar-refractivity contribution in [3.8, 4) is 5.75 Å². The molecule has 0 atom stereocenters. The van der Waals surface area contributed by atoms with Crippen molar-refractivity contribution in [3.05, 3.63) is 34.9 Å². The van der Waals surface area contributed by atoms with Crippen LogP contribution in [-0.2, 0) is 9.53 Å². The molecule has 0 amide bonds. The maximum atomic E-state index is 10.6. The molecule has 1 aromatic carbocycles. The first kappa shape index (κ1) is 15.8. The Kier molecular flexibility index (Phi) is 6.04. The van der Waals surface area contributed by atoms with E-state index in [1.54, 1.807) is 18.2 Å². The van der Waals surface area contributed by atoms with Gasteiger partial charge >= 0.3 is 5.97 Å². The summed E-state index contributed by atoms with van der Waals surface area (Å²) >= 11 is 5.93. The summed E-state index contributed by atoms with van der Waals surface area (Å²) in [7, 11) is 0. The molecule has 21 heavy (non-hydrogen) atoms. The molecule has 0 bridgehead atoms. The molecule has 1 N–H and O–H groups in total. The lowest BCUT2D eigenvalue weighted by molar-refractivity contribution is -0.131. The molecule has 0 aliphatic carbocycles. The Morgan fingerprint density at radius 3 is 2.90 bits per heavy atom. The van der Waals surface area contributed by atoms with Gasteiger partial charge in [0.2, 0.25) is 0 Å². The second kappa shape index (κ2) is 8.02. The zero-order chi connectivity index (χ0) is 15.1. The molecule has 5 nitrogen and oxygen atoms in total. The highest BCUT2D eigenvalue weighted by molar-refractivity contribution is 6.30. The number of carboxylic acids is 1. The van der Waals surface area contributed by atoms with Crippen LogP contribution in [0.1, 0.15) is 5.56 Å².